The molecule has 4 N–H and O–H groups in total. The SMILES string of the molecule is CCN1C[C@]2(CO)CC[C@H](O)[C@@]34[C@@H]5C[C@H]6[C@H](OC(C)=O)[C@@H]5[C@](O)(C[C@@H]6OC)[C@@](O)([C@@H](OC)[C@H]23)[C@@H]14. The van der Waals surface area contributed by atoms with Crippen LogP contribution in [0.2, 0.25) is 0 Å². The first-order valence-electron chi connectivity index (χ1n) is 12.8. The van der Waals surface area contributed by atoms with Crippen molar-refractivity contribution in [3.63, 3.8) is 0 Å². The molecule has 9 heteroatoms. The van der Waals surface area contributed by atoms with Gasteiger partial charge >= 0.3 is 5.97 Å². The van der Waals surface area contributed by atoms with Gasteiger partial charge in [-0.3, -0.25) is 9.69 Å². The molecule has 7 bridgehead atoms. The third-order valence-electron chi connectivity index (χ3n) is 11.4. The highest BCUT2D eigenvalue weighted by Gasteiger charge is 2.91. The molecule has 13 atom stereocenters. The monoisotopic (exact) mass is 481 g/mol. The van der Waals surface area contributed by atoms with Crippen molar-refractivity contribution in [3.05, 3.63) is 0 Å². The Morgan fingerprint density at radius 1 is 1.21 bits per heavy atom. The number of ether oxygens (including phenoxy) is 3. The quantitative estimate of drug-likeness (QED) is 0.385. The van der Waals surface area contributed by atoms with Crippen LogP contribution in [0.4, 0.5) is 0 Å². The number of methoxy groups -OCH3 is 2. The summed E-state index contributed by atoms with van der Waals surface area (Å²) in [7, 11) is 3.15. The van der Waals surface area contributed by atoms with Gasteiger partial charge in [0, 0.05) is 62.7 Å². The first kappa shape index (κ1) is 23.6. The minimum absolute atomic E-state index is 0.0708. The Balaban J connectivity index is 1.66. The van der Waals surface area contributed by atoms with Crippen LogP contribution in [0.5, 0.6) is 0 Å². The van der Waals surface area contributed by atoms with Crippen molar-refractivity contribution < 1.29 is 39.4 Å². The predicted octanol–water partition coefficient (Wildman–Crippen LogP) is -0.466. The Labute approximate surface area is 200 Å². The smallest absolute Gasteiger partial charge is 0.302 e. The highest BCUT2D eigenvalue weighted by molar-refractivity contribution is 5.66. The molecule has 6 aliphatic rings. The van der Waals surface area contributed by atoms with Crippen LogP contribution in [0, 0.1) is 34.5 Å². The molecule has 192 valence electrons. The fourth-order valence-corrected chi connectivity index (χ4v) is 10.7. The van der Waals surface area contributed by atoms with Crippen molar-refractivity contribution in [2.45, 2.75) is 81.2 Å². The van der Waals surface area contributed by atoms with Crippen LogP contribution < -0.4 is 0 Å². The summed E-state index contributed by atoms with van der Waals surface area (Å²) in [6.07, 6.45) is -0.527. The number of esters is 1. The van der Waals surface area contributed by atoms with Gasteiger partial charge in [0.1, 0.15) is 17.3 Å². The lowest BCUT2D eigenvalue weighted by Gasteiger charge is -2.69. The average Bonchev–Trinajstić information content (AvgIpc) is 3.20. The maximum absolute atomic E-state index is 12.9. The average molecular weight is 482 g/mol. The standard InChI is InChI=1S/C25H39NO8/c1-5-26-10-22(11-27)7-6-16(29)24-14-8-13-15(32-3)9-23(30,17(14)18(13)34-12(2)28)25(31,21(24)26)20(33-4)19(22)24/h13-21,27,29-31H,5-11H2,1-4H3/t13-,14-,15+,16+,17-,18+,19-,20+,21+,22+,23-,24+,25-/m1/s1. The van der Waals surface area contributed by atoms with Crippen LogP contribution in [-0.2, 0) is 19.0 Å². The molecule has 6 rings (SSSR count). The van der Waals surface area contributed by atoms with E-state index in [1.807, 2.05) is 6.92 Å². The van der Waals surface area contributed by atoms with Crippen molar-refractivity contribution in [2.24, 2.45) is 34.5 Å². The Kier molecular flexibility index (Phi) is 4.96. The highest BCUT2D eigenvalue weighted by atomic mass is 16.6. The zero-order valence-electron chi connectivity index (χ0n) is 20.5. The number of aliphatic hydroxyl groups is 4. The molecule has 1 spiro atoms. The largest absolute Gasteiger partial charge is 0.462 e. The van der Waals surface area contributed by atoms with Gasteiger partial charge in [-0.2, -0.15) is 0 Å². The molecule has 5 saturated carbocycles. The summed E-state index contributed by atoms with van der Waals surface area (Å²) < 4.78 is 17.8. The van der Waals surface area contributed by atoms with Gasteiger partial charge in [-0.1, -0.05) is 6.92 Å². The van der Waals surface area contributed by atoms with Gasteiger partial charge in [-0.05, 0) is 31.7 Å². The van der Waals surface area contributed by atoms with Crippen molar-refractivity contribution in [3.8, 4) is 0 Å². The van der Waals surface area contributed by atoms with E-state index < -0.39 is 64.4 Å². The van der Waals surface area contributed by atoms with Crippen LogP contribution in [0.3, 0.4) is 0 Å². The summed E-state index contributed by atoms with van der Waals surface area (Å²) in [5, 5.41) is 48.2. The number of likely N-dealkylation sites (N-methyl/N-ethyl adjacent to an activating group) is 1. The van der Waals surface area contributed by atoms with Crippen LogP contribution in [0.25, 0.3) is 0 Å². The first-order chi connectivity index (χ1) is 16.1. The lowest BCUT2D eigenvalue weighted by atomic mass is 9.42. The fourth-order valence-electron chi connectivity index (χ4n) is 10.7. The maximum Gasteiger partial charge on any atom is 0.302 e. The van der Waals surface area contributed by atoms with E-state index in [0.717, 1.165) is 0 Å². The molecule has 1 heterocycles. The van der Waals surface area contributed by atoms with Crippen molar-refractivity contribution >= 4 is 5.97 Å². The number of carbonyl (C=O) groups excluding carboxylic acids is 1. The van der Waals surface area contributed by atoms with Gasteiger partial charge in [0.15, 0.2) is 0 Å². The minimum atomic E-state index is -1.73. The van der Waals surface area contributed by atoms with E-state index in [2.05, 4.69) is 4.90 Å². The van der Waals surface area contributed by atoms with E-state index in [4.69, 9.17) is 14.2 Å². The van der Waals surface area contributed by atoms with Crippen molar-refractivity contribution in [1.29, 1.82) is 0 Å². The Morgan fingerprint density at radius 2 is 1.94 bits per heavy atom. The molecule has 1 aliphatic heterocycles. The zero-order chi connectivity index (χ0) is 24.4. The number of hydrogen-bond acceptors (Lipinski definition) is 9. The van der Waals surface area contributed by atoms with Gasteiger partial charge in [0.25, 0.3) is 0 Å². The van der Waals surface area contributed by atoms with E-state index in [0.29, 0.717) is 32.4 Å². The Bertz CT molecular complexity index is 887. The number of fused-ring (bicyclic) bond motifs is 2. The topological polar surface area (TPSA) is 129 Å². The van der Waals surface area contributed by atoms with E-state index in [9.17, 15) is 25.2 Å². The molecule has 0 aromatic rings. The molecule has 0 aromatic heterocycles. The number of aliphatic hydroxyl groups excluding tert-OH is 2. The van der Waals surface area contributed by atoms with Crippen LogP contribution in [0.15, 0.2) is 0 Å². The molecule has 9 nitrogen and oxygen atoms in total. The van der Waals surface area contributed by atoms with Gasteiger partial charge in [-0.15, -0.1) is 0 Å². The first-order valence-corrected chi connectivity index (χ1v) is 12.8. The number of hydrogen-bond donors (Lipinski definition) is 4. The second-order valence-electron chi connectivity index (χ2n) is 12.0. The number of carbonyl (C=O) groups is 1. The molecule has 5 aliphatic carbocycles. The van der Waals surface area contributed by atoms with Crippen LogP contribution in [0.1, 0.15) is 39.5 Å². The zero-order valence-corrected chi connectivity index (χ0v) is 20.5. The van der Waals surface area contributed by atoms with Crippen molar-refractivity contribution in [1.82, 2.24) is 4.90 Å². The Hall–Kier alpha value is -0.810. The number of piperidine rings is 1. The molecule has 0 radical (unpaired) electrons. The van der Waals surface area contributed by atoms with Crippen LogP contribution >= 0.6 is 0 Å². The summed E-state index contributed by atoms with van der Waals surface area (Å²) in [6.45, 7) is 4.53. The third-order valence-corrected chi connectivity index (χ3v) is 11.4. The summed E-state index contributed by atoms with van der Waals surface area (Å²) in [4.78, 5) is 14.4. The number of rotatable bonds is 5. The molecular formula is C25H39NO8. The summed E-state index contributed by atoms with van der Waals surface area (Å²) in [5.41, 5.74) is -4.71. The Morgan fingerprint density at radius 3 is 2.53 bits per heavy atom. The molecule has 6 fully saturated rings. The lowest BCUT2D eigenvalue weighted by molar-refractivity contribution is -0.317. The van der Waals surface area contributed by atoms with Gasteiger partial charge in [-0.25, -0.2) is 0 Å². The van der Waals surface area contributed by atoms with E-state index in [-0.39, 0.29) is 30.8 Å². The van der Waals surface area contributed by atoms with Gasteiger partial charge < -0.3 is 34.6 Å². The summed E-state index contributed by atoms with van der Waals surface area (Å²) >= 11 is 0. The lowest BCUT2D eigenvalue weighted by Crippen LogP contribution is -2.82. The van der Waals surface area contributed by atoms with E-state index in [1.165, 1.54) is 6.92 Å². The van der Waals surface area contributed by atoms with E-state index in [1.54, 1.807) is 14.2 Å². The minimum Gasteiger partial charge on any atom is -0.462 e. The maximum atomic E-state index is 12.9. The molecule has 34 heavy (non-hydrogen) atoms. The molecular weight excluding hydrogens is 442 g/mol. The molecule has 0 unspecified atom stereocenters. The molecule has 1 saturated heterocycles. The van der Waals surface area contributed by atoms with Crippen LogP contribution in [-0.4, -0.2) is 107 Å². The molecule has 0 amide bonds. The predicted molar refractivity (Wildman–Crippen MR) is 118 cm³/mol. The number of likely N-dealkylation sites (tertiary alicyclic amines) is 1. The normalized spacial score (nSPS) is 59.2. The number of nitrogens with zero attached hydrogens (tertiary/aromatic N) is 1. The van der Waals surface area contributed by atoms with Crippen molar-refractivity contribution in [2.75, 3.05) is 33.9 Å². The summed E-state index contributed by atoms with van der Waals surface area (Å²) in [6, 6.07) is -0.534. The second-order valence-corrected chi connectivity index (χ2v) is 12.0. The highest BCUT2D eigenvalue weighted by Crippen LogP contribution is 2.80. The van der Waals surface area contributed by atoms with Gasteiger partial charge in [0.2, 0.25) is 0 Å². The summed E-state index contributed by atoms with van der Waals surface area (Å²) in [5.74, 6) is -1.63. The fraction of sp³-hybridized carbons (Fsp3) is 0.960. The van der Waals surface area contributed by atoms with Gasteiger partial charge in [0.05, 0.1) is 31.0 Å². The third kappa shape index (κ3) is 2.22. The second kappa shape index (κ2) is 7.15. The van der Waals surface area contributed by atoms with E-state index >= 15 is 0 Å². The molecule has 0 aromatic carbocycles.